The van der Waals surface area contributed by atoms with Crippen molar-refractivity contribution in [2.45, 2.75) is 6.84 Å². The average Bonchev–Trinajstić information content (AvgIpc) is 2.01. The molecule has 0 aromatic carbocycles. The van der Waals surface area contributed by atoms with E-state index in [-0.39, 0.29) is 0 Å². The molecule has 0 unspecified atom stereocenters. The third-order valence-electron chi connectivity index (χ3n) is 0.749. The molecule has 0 bridgehead atoms. The van der Waals surface area contributed by atoms with Gasteiger partial charge in [-0.3, -0.25) is 0 Å². The highest BCUT2D eigenvalue weighted by Crippen LogP contribution is 2.35. The van der Waals surface area contributed by atoms with Gasteiger partial charge < -0.3 is 10.2 Å². The van der Waals surface area contributed by atoms with Crippen molar-refractivity contribution in [3.05, 3.63) is 0 Å². The number of alkyl halides is 4. The van der Waals surface area contributed by atoms with Gasteiger partial charge in [-0.25, -0.2) is 9.59 Å². The Morgan fingerprint density at radius 3 is 1.21 bits per heavy atom. The average molecular weight is 466 g/mol. The van der Waals surface area contributed by atoms with Gasteiger partial charge in [-0.15, -0.1) is 0 Å². The SMILES string of the molecule is O=C(O)C(Br)(Br)OOC(Br)(Br)C(=O)O. The Kier molecular flexibility index (Phi) is 5.50. The van der Waals surface area contributed by atoms with Crippen LogP contribution in [0.15, 0.2) is 0 Å². The van der Waals surface area contributed by atoms with Crippen LogP contribution in [-0.2, 0) is 19.4 Å². The van der Waals surface area contributed by atoms with E-state index in [4.69, 9.17) is 10.2 Å². The van der Waals surface area contributed by atoms with Crippen molar-refractivity contribution in [3.63, 3.8) is 0 Å². The fourth-order valence-electron chi connectivity index (χ4n) is 0.176. The highest BCUT2D eigenvalue weighted by Gasteiger charge is 2.42. The third-order valence-corrected chi connectivity index (χ3v) is 2.63. The second-order valence-corrected chi connectivity index (χ2v) is 8.41. The van der Waals surface area contributed by atoms with Gasteiger partial charge in [0.1, 0.15) is 0 Å². The number of carboxylic acid groups (broad SMARTS) is 2. The van der Waals surface area contributed by atoms with E-state index in [1.807, 2.05) is 0 Å². The van der Waals surface area contributed by atoms with Crippen molar-refractivity contribution >= 4 is 75.7 Å². The van der Waals surface area contributed by atoms with Crippen LogP contribution in [0.25, 0.3) is 0 Å². The lowest BCUT2D eigenvalue weighted by atomic mass is 10.7. The number of halogens is 4. The zero-order chi connectivity index (χ0) is 11.6. The summed E-state index contributed by atoms with van der Waals surface area (Å²) in [7, 11) is 0. The van der Waals surface area contributed by atoms with Crippen LogP contribution in [0.1, 0.15) is 0 Å². The molecule has 0 amide bonds. The molecule has 0 aromatic heterocycles. The summed E-state index contributed by atoms with van der Waals surface area (Å²) in [6, 6.07) is 0. The molecule has 0 aliphatic rings. The number of carboxylic acids is 2. The third kappa shape index (κ3) is 4.53. The molecule has 0 aliphatic carbocycles. The highest BCUT2D eigenvalue weighted by atomic mass is 79.9. The molecule has 0 heterocycles. The monoisotopic (exact) mass is 462 g/mol. The van der Waals surface area contributed by atoms with Crippen molar-refractivity contribution in [3.8, 4) is 0 Å². The first-order chi connectivity index (χ1) is 6.09. The van der Waals surface area contributed by atoms with Crippen molar-refractivity contribution < 1.29 is 29.6 Å². The van der Waals surface area contributed by atoms with E-state index >= 15 is 0 Å². The molecule has 0 saturated carbocycles. The summed E-state index contributed by atoms with van der Waals surface area (Å²) < 4.78 is -4.02. The van der Waals surface area contributed by atoms with Crippen molar-refractivity contribution in [1.29, 1.82) is 0 Å². The minimum Gasteiger partial charge on any atom is -0.478 e. The van der Waals surface area contributed by atoms with Crippen LogP contribution < -0.4 is 0 Å². The summed E-state index contributed by atoms with van der Waals surface area (Å²) in [4.78, 5) is 29.4. The largest absolute Gasteiger partial charge is 0.478 e. The topological polar surface area (TPSA) is 93.1 Å². The predicted octanol–water partition coefficient (Wildman–Crippen LogP) is 1.99. The lowest BCUT2D eigenvalue weighted by molar-refractivity contribution is -0.317. The summed E-state index contributed by atoms with van der Waals surface area (Å²) in [5.74, 6) is -2.89. The van der Waals surface area contributed by atoms with E-state index in [9.17, 15) is 9.59 Å². The standard InChI is InChI=1S/C4H2Br4O6/c5-3(6,1(9)10)13-14-4(7,8)2(11)12/h(H,9,10)(H,11,12). The molecule has 0 aliphatic heterocycles. The first-order valence-corrected chi connectivity index (χ1v) is 5.86. The predicted molar refractivity (Wildman–Crippen MR) is 58.6 cm³/mol. The second kappa shape index (κ2) is 5.21. The van der Waals surface area contributed by atoms with Crippen LogP contribution in [0.5, 0.6) is 0 Å². The molecule has 6 nitrogen and oxygen atoms in total. The lowest BCUT2D eigenvalue weighted by Gasteiger charge is -2.19. The maximum absolute atomic E-state index is 10.4. The molecule has 0 aromatic rings. The second-order valence-electron chi connectivity index (χ2n) is 1.81. The van der Waals surface area contributed by atoms with Gasteiger partial charge in [-0.2, -0.15) is 9.78 Å². The van der Waals surface area contributed by atoms with Crippen LogP contribution >= 0.6 is 63.7 Å². The molecule has 14 heavy (non-hydrogen) atoms. The normalized spacial score (nSPS) is 12.6. The summed E-state index contributed by atoms with van der Waals surface area (Å²) in [6.45, 7) is 0. The van der Waals surface area contributed by atoms with Gasteiger partial charge in [0, 0.05) is 0 Å². The molecule has 0 saturated heterocycles. The summed E-state index contributed by atoms with van der Waals surface area (Å²) in [5.41, 5.74) is 0. The van der Waals surface area contributed by atoms with Crippen molar-refractivity contribution in [1.82, 2.24) is 0 Å². The molecular weight excluding hydrogens is 464 g/mol. The Hall–Kier alpha value is 0.780. The Morgan fingerprint density at radius 1 is 0.857 bits per heavy atom. The van der Waals surface area contributed by atoms with Gasteiger partial charge in [-0.05, 0) is 63.7 Å². The van der Waals surface area contributed by atoms with E-state index < -0.39 is 18.8 Å². The van der Waals surface area contributed by atoms with Crippen LogP contribution in [0, 0.1) is 0 Å². The summed E-state index contributed by atoms with van der Waals surface area (Å²) in [5, 5.41) is 17.0. The first-order valence-electron chi connectivity index (χ1n) is 2.69. The van der Waals surface area contributed by atoms with Gasteiger partial charge in [-0.1, -0.05) is 0 Å². The molecule has 0 radical (unpaired) electrons. The molecule has 0 rings (SSSR count). The van der Waals surface area contributed by atoms with E-state index in [0.29, 0.717) is 0 Å². The minimum absolute atomic E-state index is 1.45. The van der Waals surface area contributed by atoms with E-state index in [1.54, 1.807) is 0 Å². The van der Waals surface area contributed by atoms with Crippen LogP contribution in [0.4, 0.5) is 0 Å². The van der Waals surface area contributed by atoms with E-state index in [0.717, 1.165) is 0 Å². The fraction of sp³-hybridized carbons (Fsp3) is 0.500. The Balaban J connectivity index is 4.32. The molecule has 2 N–H and O–H groups in total. The number of hydrogen-bond acceptors (Lipinski definition) is 4. The van der Waals surface area contributed by atoms with Crippen molar-refractivity contribution in [2.75, 3.05) is 0 Å². The Morgan fingerprint density at radius 2 is 1.07 bits per heavy atom. The van der Waals surface area contributed by atoms with Crippen LogP contribution in [-0.4, -0.2) is 29.0 Å². The fourth-order valence-corrected chi connectivity index (χ4v) is 0.440. The van der Waals surface area contributed by atoms with Crippen LogP contribution in [0.3, 0.4) is 0 Å². The van der Waals surface area contributed by atoms with Crippen molar-refractivity contribution in [2.24, 2.45) is 0 Å². The number of aliphatic carboxylic acids is 2. The smallest absolute Gasteiger partial charge is 0.362 e. The molecule has 0 atom stereocenters. The molecule has 10 heteroatoms. The number of hydrogen-bond donors (Lipinski definition) is 2. The molecule has 0 fully saturated rings. The minimum atomic E-state index is -2.01. The quantitative estimate of drug-likeness (QED) is 0.366. The maximum atomic E-state index is 10.4. The van der Waals surface area contributed by atoms with Gasteiger partial charge in [0.25, 0.3) is 0 Å². The first kappa shape index (κ1) is 14.8. The molecule has 0 spiro atoms. The lowest BCUT2D eigenvalue weighted by Crippen LogP contribution is -2.35. The van der Waals surface area contributed by atoms with E-state index in [1.165, 1.54) is 0 Å². The van der Waals surface area contributed by atoms with Gasteiger partial charge in [0.05, 0.1) is 0 Å². The summed E-state index contributed by atoms with van der Waals surface area (Å²) >= 11 is 10.3. The maximum Gasteiger partial charge on any atom is 0.362 e. The zero-order valence-electron chi connectivity index (χ0n) is 6.04. The summed E-state index contributed by atoms with van der Waals surface area (Å²) in [6.07, 6.45) is 0. The van der Waals surface area contributed by atoms with Gasteiger partial charge >= 0.3 is 18.8 Å². The molecular formula is C4H2Br4O6. The van der Waals surface area contributed by atoms with Crippen LogP contribution in [0.2, 0.25) is 0 Å². The van der Waals surface area contributed by atoms with E-state index in [2.05, 4.69) is 73.5 Å². The zero-order valence-corrected chi connectivity index (χ0v) is 12.4. The molecule has 82 valence electrons. The Bertz CT molecular complexity index is 224. The highest BCUT2D eigenvalue weighted by molar-refractivity contribution is 9.26. The van der Waals surface area contributed by atoms with Gasteiger partial charge in [0.2, 0.25) is 0 Å². The number of carbonyl (C=O) groups is 2. The number of rotatable bonds is 5. The Labute approximate surface area is 111 Å². The van der Waals surface area contributed by atoms with Gasteiger partial charge in [0.15, 0.2) is 0 Å².